The molecule has 0 bridgehead atoms. The average Bonchev–Trinajstić information content (AvgIpc) is 3.25. The number of carbonyl (C=O) groups is 1. The Labute approximate surface area is 144 Å². The molecule has 146 valence electrons. The molecule has 0 aromatic heterocycles. The molecule has 2 atom stereocenters. The molecular formula is C14H23F3N2O5S. The van der Waals surface area contributed by atoms with Crippen molar-refractivity contribution in [2.24, 2.45) is 0 Å². The van der Waals surface area contributed by atoms with Gasteiger partial charge in [-0.15, -0.1) is 0 Å². The van der Waals surface area contributed by atoms with Crippen LogP contribution in [0.2, 0.25) is 0 Å². The van der Waals surface area contributed by atoms with Crippen molar-refractivity contribution in [3.63, 3.8) is 0 Å². The van der Waals surface area contributed by atoms with E-state index in [1.54, 1.807) is 0 Å². The number of carboxylic acid groups (broad SMARTS) is 1. The van der Waals surface area contributed by atoms with Crippen LogP contribution in [-0.2, 0) is 19.6 Å². The highest BCUT2D eigenvalue weighted by atomic mass is 32.2. The van der Waals surface area contributed by atoms with Gasteiger partial charge in [0.15, 0.2) is 0 Å². The van der Waals surface area contributed by atoms with Crippen LogP contribution in [-0.4, -0.2) is 74.2 Å². The third-order valence-electron chi connectivity index (χ3n) is 4.54. The highest BCUT2D eigenvalue weighted by Crippen LogP contribution is 2.35. The van der Waals surface area contributed by atoms with Gasteiger partial charge in [0, 0.05) is 25.7 Å². The smallest absolute Gasteiger partial charge is 0.475 e. The van der Waals surface area contributed by atoms with E-state index in [0.717, 1.165) is 45.2 Å². The second-order valence-electron chi connectivity index (χ2n) is 6.87. The number of sulfonamides is 1. The van der Waals surface area contributed by atoms with Crippen molar-refractivity contribution in [2.75, 3.05) is 26.7 Å². The van der Waals surface area contributed by atoms with Crippen molar-refractivity contribution in [1.82, 2.24) is 9.62 Å². The maximum Gasteiger partial charge on any atom is 0.490 e. The quantitative estimate of drug-likeness (QED) is 0.748. The molecular weight excluding hydrogens is 365 g/mol. The van der Waals surface area contributed by atoms with E-state index in [9.17, 15) is 21.6 Å². The molecule has 3 fully saturated rings. The maximum absolute atomic E-state index is 12.0. The molecule has 2 aliphatic heterocycles. The zero-order valence-electron chi connectivity index (χ0n) is 13.9. The van der Waals surface area contributed by atoms with Gasteiger partial charge < -0.3 is 14.7 Å². The Bertz CT molecular complexity index is 590. The maximum atomic E-state index is 12.0. The van der Waals surface area contributed by atoms with Crippen molar-refractivity contribution in [3.8, 4) is 0 Å². The van der Waals surface area contributed by atoms with E-state index < -0.39 is 22.2 Å². The molecule has 3 rings (SSSR count). The minimum absolute atomic E-state index is 0.0656. The summed E-state index contributed by atoms with van der Waals surface area (Å²) in [6.45, 7) is 2.64. The second-order valence-corrected chi connectivity index (χ2v) is 8.87. The molecule has 0 radical (unpaired) electrons. The lowest BCUT2D eigenvalue weighted by atomic mass is 9.90. The van der Waals surface area contributed by atoms with Crippen molar-refractivity contribution < 1.29 is 36.2 Å². The van der Waals surface area contributed by atoms with Crippen molar-refractivity contribution in [3.05, 3.63) is 0 Å². The van der Waals surface area contributed by atoms with Crippen LogP contribution in [0.25, 0.3) is 0 Å². The third kappa shape index (κ3) is 5.80. The standard InChI is InChI=1S/C12H22N2O3S.C2HF3O2/c1-14-6-5-12(9-14)8-10(4-7-17-12)13-18(15,16)11-2-3-11;3-2(4,5)1(6)7/h10-11,13H,2-9H2,1H3;(H,6,7)/t10-,12-;/m1./s1. The van der Waals surface area contributed by atoms with Gasteiger partial charge in [0.1, 0.15) is 0 Å². The SMILES string of the molecule is CN1CC[C@@]2(C[C@H](NS(=O)(=O)C3CC3)CCO2)C1.O=C(O)C(F)(F)F. The largest absolute Gasteiger partial charge is 0.490 e. The number of carboxylic acids is 1. The minimum atomic E-state index is -5.08. The molecule has 11 heteroatoms. The fourth-order valence-corrected chi connectivity index (χ4v) is 4.78. The molecule has 0 unspecified atom stereocenters. The van der Waals surface area contributed by atoms with E-state index in [2.05, 4.69) is 16.7 Å². The van der Waals surface area contributed by atoms with E-state index in [1.807, 2.05) is 0 Å². The monoisotopic (exact) mass is 388 g/mol. The highest BCUT2D eigenvalue weighted by Gasteiger charge is 2.44. The summed E-state index contributed by atoms with van der Waals surface area (Å²) < 4.78 is 64.5. The lowest BCUT2D eigenvalue weighted by molar-refractivity contribution is -0.192. The number of nitrogens with one attached hydrogen (secondary N) is 1. The van der Waals surface area contributed by atoms with E-state index in [1.165, 1.54) is 0 Å². The third-order valence-corrected chi connectivity index (χ3v) is 6.55. The Balaban J connectivity index is 0.000000277. The van der Waals surface area contributed by atoms with E-state index in [-0.39, 0.29) is 16.9 Å². The Morgan fingerprint density at radius 2 is 1.92 bits per heavy atom. The first-order valence-corrected chi connectivity index (χ1v) is 9.62. The number of ether oxygens (including phenoxy) is 1. The Morgan fingerprint density at radius 1 is 1.32 bits per heavy atom. The first-order valence-electron chi connectivity index (χ1n) is 8.07. The molecule has 0 amide bonds. The van der Waals surface area contributed by atoms with Crippen LogP contribution >= 0.6 is 0 Å². The van der Waals surface area contributed by atoms with Crippen LogP contribution < -0.4 is 4.72 Å². The molecule has 2 heterocycles. The zero-order chi connectivity index (χ0) is 18.9. The summed E-state index contributed by atoms with van der Waals surface area (Å²) in [5, 5.41) is 7.00. The molecule has 1 saturated carbocycles. The first kappa shape index (κ1) is 20.4. The molecule has 0 aromatic carbocycles. The van der Waals surface area contributed by atoms with Crippen LogP contribution in [0.4, 0.5) is 13.2 Å². The Hall–Kier alpha value is -0.910. The normalized spacial score (nSPS) is 30.8. The molecule has 1 aliphatic carbocycles. The number of halogens is 3. The lowest BCUT2D eigenvalue weighted by Gasteiger charge is -2.38. The number of hydrogen-bond donors (Lipinski definition) is 2. The van der Waals surface area contributed by atoms with Crippen molar-refractivity contribution in [2.45, 2.75) is 55.2 Å². The second kappa shape index (κ2) is 7.37. The topological polar surface area (TPSA) is 95.9 Å². The van der Waals surface area contributed by atoms with Crippen LogP contribution in [0, 0.1) is 0 Å². The van der Waals surface area contributed by atoms with Gasteiger partial charge in [-0.25, -0.2) is 17.9 Å². The summed E-state index contributed by atoms with van der Waals surface area (Å²) in [6, 6.07) is 0.0656. The minimum Gasteiger partial charge on any atom is -0.475 e. The summed E-state index contributed by atoms with van der Waals surface area (Å²) in [6.07, 6.45) is -0.787. The Morgan fingerprint density at radius 3 is 2.36 bits per heavy atom. The zero-order valence-corrected chi connectivity index (χ0v) is 14.7. The summed E-state index contributed by atoms with van der Waals surface area (Å²) in [7, 11) is -0.972. The molecule has 2 N–H and O–H groups in total. The lowest BCUT2D eigenvalue weighted by Crippen LogP contribution is -2.50. The fraction of sp³-hybridized carbons (Fsp3) is 0.929. The molecule has 25 heavy (non-hydrogen) atoms. The van der Waals surface area contributed by atoms with Gasteiger partial charge in [-0.2, -0.15) is 13.2 Å². The van der Waals surface area contributed by atoms with Gasteiger partial charge in [-0.1, -0.05) is 0 Å². The predicted octanol–water partition coefficient (Wildman–Crippen LogP) is 0.955. The van der Waals surface area contributed by atoms with Gasteiger partial charge in [0.05, 0.1) is 10.9 Å². The first-order chi connectivity index (χ1) is 11.4. The van der Waals surface area contributed by atoms with Crippen molar-refractivity contribution in [1.29, 1.82) is 0 Å². The van der Waals surface area contributed by atoms with Crippen LogP contribution in [0.15, 0.2) is 0 Å². The average molecular weight is 388 g/mol. The van der Waals surface area contributed by atoms with Crippen LogP contribution in [0.3, 0.4) is 0 Å². The predicted molar refractivity (Wildman–Crippen MR) is 82.6 cm³/mol. The van der Waals surface area contributed by atoms with E-state index in [0.29, 0.717) is 6.61 Å². The number of likely N-dealkylation sites (tertiary alicyclic amines) is 1. The summed E-state index contributed by atoms with van der Waals surface area (Å²) in [5.41, 5.74) is -0.107. The van der Waals surface area contributed by atoms with Gasteiger partial charge in [-0.3, -0.25) is 0 Å². The number of rotatable bonds is 3. The summed E-state index contributed by atoms with van der Waals surface area (Å²) >= 11 is 0. The molecule has 2 saturated heterocycles. The van der Waals surface area contributed by atoms with Gasteiger partial charge in [-0.05, 0) is 39.2 Å². The van der Waals surface area contributed by atoms with E-state index in [4.69, 9.17) is 14.6 Å². The molecule has 0 aromatic rings. The molecule has 3 aliphatic rings. The van der Waals surface area contributed by atoms with Crippen LogP contribution in [0.1, 0.15) is 32.1 Å². The summed E-state index contributed by atoms with van der Waals surface area (Å²) in [5.74, 6) is -2.76. The number of likely N-dealkylation sites (N-methyl/N-ethyl adjacent to an activating group) is 1. The summed E-state index contributed by atoms with van der Waals surface area (Å²) in [4.78, 5) is 11.2. The van der Waals surface area contributed by atoms with Crippen molar-refractivity contribution >= 4 is 16.0 Å². The number of nitrogens with zero attached hydrogens (tertiary/aromatic N) is 1. The number of aliphatic carboxylic acids is 1. The van der Waals surface area contributed by atoms with Gasteiger partial charge in [0.2, 0.25) is 10.0 Å². The number of alkyl halides is 3. The highest BCUT2D eigenvalue weighted by molar-refractivity contribution is 7.90. The Kier molecular flexibility index (Phi) is 6.02. The molecule has 7 nitrogen and oxygen atoms in total. The molecule has 1 spiro atoms. The van der Waals surface area contributed by atoms with Crippen LogP contribution in [0.5, 0.6) is 0 Å². The number of hydrogen-bond acceptors (Lipinski definition) is 5. The van der Waals surface area contributed by atoms with Gasteiger partial charge in [0.25, 0.3) is 0 Å². The van der Waals surface area contributed by atoms with E-state index >= 15 is 0 Å². The van der Waals surface area contributed by atoms with Gasteiger partial charge >= 0.3 is 12.1 Å². The fourth-order valence-electron chi connectivity index (χ4n) is 3.16.